The van der Waals surface area contributed by atoms with Gasteiger partial charge in [0.05, 0.1) is 31.6 Å². The van der Waals surface area contributed by atoms with Gasteiger partial charge in [-0.05, 0) is 12.8 Å². The van der Waals surface area contributed by atoms with E-state index in [1.54, 1.807) is 12.0 Å². The molecule has 1 aliphatic rings. The lowest BCUT2D eigenvalue weighted by molar-refractivity contribution is -0.140. The zero-order chi connectivity index (χ0) is 12.5. The van der Waals surface area contributed by atoms with Gasteiger partial charge < -0.3 is 14.4 Å². The molecule has 0 spiro atoms. The molecule has 1 unspecified atom stereocenters. The molecule has 0 aromatic heterocycles. The first-order valence-corrected chi connectivity index (χ1v) is 6.02. The van der Waals surface area contributed by atoms with E-state index in [1.807, 2.05) is 0 Å². The summed E-state index contributed by atoms with van der Waals surface area (Å²) in [6.45, 7) is 2.79. The van der Waals surface area contributed by atoms with E-state index in [0.717, 1.165) is 19.4 Å². The minimum absolute atomic E-state index is 0.0423. The van der Waals surface area contributed by atoms with Gasteiger partial charge in [0.25, 0.3) is 0 Å². The maximum Gasteiger partial charge on any atom is 0.228 e. The number of ether oxygens (including phenoxy) is 2. The van der Waals surface area contributed by atoms with Gasteiger partial charge >= 0.3 is 0 Å². The Bertz CT molecular complexity index is 269. The van der Waals surface area contributed by atoms with Crippen LogP contribution in [0.5, 0.6) is 0 Å². The predicted molar refractivity (Wildman–Crippen MR) is 62.2 cm³/mol. The van der Waals surface area contributed by atoms with Crippen LogP contribution in [-0.4, -0.2) is 50.8 Å². The van der Waals surface area contributed by atoms with Crippen molar-refractivity contribution in [1.29, 1.82) is 5.26 Å². The van der Waals surface area contributed by atoms with E-state index < -0.39 is 0 Å². The highest BCUT2D eigenvalue weighted by Gasteiger charge is 2.26. The van der Waals surface area contributed by atoms with Crippen LogP contribution >= 0.6 is 0 Å². The third kappa shape index (κ3) is 4.72. The van der Waals surface area contributed by atoms with E-state index in [1.165, 1.54) is 0 Å². The molecule has 17 heavy (non-hydrogen) atoms. The third-order valence-electron chi connectivity index (χ3n) is 2.88. The average molecular weight is 240 g/mol. The van der Waals surface area contributed by atoms with E-state index in [9.17, 15) is 4.79 Å². The number of amides is 1. The number of hydrogen-bond acceptors (Lipinski definition) is 4. The number of carbonyl (C=O) groups is 1. The highest BCUT2D eigenvalue weighted by molar-refractivity contribution is 5.79. The van der Waals surface area contributed by atoms with Gasteiger partial charge in [0, 0.05) is 26.8 Å². The number of methoxy groups -OCH3 is 1. The maximum absolute atomic E-state index is 12.2. The number of hydrogen-bond donors (Lipinski definition) is 0. The summed E-state index contributed by atoms with van der Waals surface area (Å²) in [5.41, 5.74) is 0. The molecule has 1 amide bonds. The van der Waals surface area contributed by atoms with Crippen LogP contribution in [0.3, 0.4) is 0 Å². The minimum Gasteiger partial charge on any atom is -0.383 e. The van der Waals surface area contributed by atoms with Gasteiger partial charge in [0.2, 0.25) is 5.91 Å². The molecule has 0 aromatic carbocycles. The monoisotopic (exact) mass is 240 g/mol. The van der Waals surface area contributed by atoms with Gasteiger partial charge in [-0.3, -0.25) is 4.79 Å². The van der Waals surface area contributed by atoms with Crippen LogP contribution in [0.4, 0.5) is 0 Å². The fourth-order valence-corrected chi connectivity index (χ4v) is 1.91. The largest absolute Gasteiger partial charge is 0.383 e. The van der Waals surface area contributed by atoms with Crippen molar-refractivity contribution in [3.63, 3.8) is 0 Å². The molecule has 1 fully saturated rings. The van der Waals surface area contributed by atoms with Crippen molar-refractivity contribution < 1.29 is 14.3 Å². The zero-order valence-corrected chi connectivity index (χ0v) is 10.4. The second-order valence-corrected chi connectivity index (χ2v) is 4.14. The molecule has 0 saturated carbocycles. The molecule has 1 saturated heterocycles. The standard InChI is InChI=1S/C12H20N2O3/c1-16-9-7-14(6-3-5-13)12(15)11-4-2-8-17-10-11/h11H,2-4,6-10H2,1H3. The molecule has 96 valence electrons. The summed E-state index contributed by atoms with van der Waals surface area (Å²) in [5.74, 6) is 0.0521. The van der Waals surface area contributed by atoms with Gasteiger partial charge in [0.15, 0.2) is 0 Å². The molecule has 1 rings (SSSR count). The molecular weight excluding hydrogens is 220 g/mol. The second kappa shape index (κ2) is 8.04. The first-order chi connectivity index (χ1) is 8.29. The fraction of sp³-hybridized carbons (Fsp3) is 0.833. The number of carbonyl (C=O) groups excluding carboxylic acids is 1. The summed E-state index contributed by atoms with van der Waals surface area (Å²) >= 11 is 0. The lowest BCUT2D eigenvalue weighted by Crippen LogP contribution is -2.41. The molecule has 0 N–H and O–H groups in total. The Hall–Kier alpha value is -1.12. The smallest absolute Gasteiger partial charge is 0.228 e. The van der Waals surface area contributed by atoms with Crippen LogP contribution in [0, 0.1) is 17.2 Å². The Kier molecular flexibility index (Phi) is 6.60. The normalized spacial score (nSPS) is 19.6. The van der Waals surface area contributed by atoms with Crippen LogP contribution in [0.15, 0.2) is 0 Å². The molecule has 5 heteroatoms. The quantitative estimate of drug-likeness (QED) is 0.689. The predicted octanol–water partition coefficient (Wildman–Crippen LogP) is 0.802. The fourth-order valence-electron chi connectivity index (χ4n) is 1.91. The van der Waals surface area contributed by atoms with Gasteiger partial charge in [-0.1, -0.05) is 0 Å². The number of rotatable bonds is 6. The van der Waals surface area contributed by atoms with Crippen LogP contribution in [0.1, 0.15) is 19.3 Å². The highest BCUT2D eigenvalue weighted by Crippen LogP contribution is 2.16. The summed E-state index contributed by atoms with van der Waals surface area (Å²) in [6.07, 6.45) is 2.19. The molecule has 1 aliphatic heterocycles. The van der Waals surface area contributed by atoms with Crippen molar-refractivity contribution in [2.75, 3.05) is 40.0 Å². The van der Waals surface area contributed by atoms with Gasteiger partial charge in [-0.2, -0.15) is 5.26 Å². The van der Waals surface area contributed by atoms with Crippen LogP contribution < -0.4 is 0 Å². The Morgan fingerprint density at radius 3 is 3.00 bits per heavy atom. The second-order valence-electron chi connectivity index (χ2n) is 4.14. The van der Waals surface area contributed by atoms with Gasteiger partial charge in [0.1, 0.15) is 0 Å². The Labute approximate surface area is 102 Å². The lowest BCUT2D eigenvalue weighted by atomic mass is 10.0. The lowest BCUT2D eigenvalue weighted by Gasteiger charge is -2.28. The van der Waals surface area contributed by atoms with E-state index in [-0.39, 0.29) is 11.8 Å². The molecule has 0 bridgehead atoms. The van der Waals surface area contributed by atoms with Crippen molar-refractivity contribution in [2.45, 2.75) is 19.3 Å². The van der Waals surface area contributed by atoms with E-state index in [2.05, 4.69) is 6.07 Å². The molecule has 1 atom stereocenters. The molecular formula is C12H20N2O3. The highest BCUT2D eigenvalue weighted by atomic mass is 16.5. The Morgan fingerprint density at radius 1 is 1.59 bits per heavy atom. The van der Waals surface area contributed by atoms with E-state index >= 15 is 0 Å². The molecule has 0 aromatic rings. The molecule has 5 nitrogen and oxygen atoms in total. The molecule has 0 radical (unpaired) electrons. The van der Waals surface area contributed by atoms with E-state index in [4.69, 9.17) is 14.7 Å². The van der Waals surface area contributed by atoms with Crippen molar-refractivity contribution in [2.24, 2.45) is 5.92 Å². The van der Waals surface area contributed by atoms with Crippen molar-refractivity contribution >= 4 is 5.91 Å². The molecule has 1 heterocycles. The topological polar surface area (TPSA) is 62.6 Å². The molecule has 0 aliphatic carbocycles. The maximum atomic E-state index is 12.2. The zero-order valence-electron chi connectivity index (χ0n) is 10.4. The Balaban J connectivity index is 2.47. The van der Waals surface area contributed by atoms with Gasteiger partial charge in [-0.15, -0.1) is 0 Å². The van der Waals surface area contributed by atoms with Crippen LogP contribution in [0.2, 0.25) is 0 Å². The number of nitriles is 1. The summed E-state index contributed by atoms with van der Waals surface area (Å²) in [6, 6.07) is 2.07. The van der Waals surface area contributed by atoms with Crippen molar-refractivity contribution in [1.82, 2.24) is 4.90 Å². The van der Waals surface area contributed by atoms with Gasteiger partial charge in [-0.25, -0.2) is 0 Å². The average Bonchev–Trinajstić information content (AvgIpc) is 2.39. The third-order valence-corrected chi connectivity index (χ3v) is 2.88. The van der Waals surface area contributed by atoms with Crippen molar-refractivity contribution in [3.05, 3.63) is 0 Å². The number of nitrogens with zero attached hydrogens (tertiary/aromatic N) is 2. The SMILES string of the molecule is COCCN(CCC#N)C(=O)C1CCCOC1. The van der Waals surface area contributed by atoms with Crippen molar-refractivity contribution in [3.8, 4) is 6.07 Å². The van der Waals surface area contributed by atoms with E-state index in [0.29, 0.717) is 32.7 Å². The minimum atomic E-state index is -0.0423. The Morgan fingerprint density at radius 2 is 2.41 bits per heavy atom. The summed E-state index contributed by atoms with van der Waals surface area (Å²) in [4.78, 5) is 13.9. The van der Waals surface area contributed by atoms with Crippen LogP contribution in [-0.2, 0) is 14.3 Å². The summed E-state index contributed by atoms with van der Waals surface area (Å²) in [7, 11) is 1.61. The van der Waals surface area contributed by atoms with Crippen LogP contribution in [0.25, 0.3) is 0 Å². The first-order valence-electron chi connectivity index (χ1n) is 6.02. The summed E-state index contributed by atoms with van der Waals surface area (Å²) in [5, 5.41) is 8.59. The first kappa shape index (κ1) is 13.9. The summed E-state index contributed by atoms with van der Waals surface area (Å²) < 4.78 is 10.3.